The molecule has 5 heteroatoms. The minimum Gasteiger partial charge on any atom is -0.436 e. The van der Waals surface area contributed by atoms with Gasteiger partial charge in [0, 0.05) is 17.3 Å². The maximum atomic E-state index is 13.4. The SMILES string of the molecule is Nc1ccc2nc(-c3ccc(Br)c(F)c3)oc2c1. The van der Waals surface area contributed by atoms with Crippen LogP contribution in [-0.2, 0) is 0 Å². The summed E-state index contributed by atoms with van der Waals surface area (Å²) >= 11 is 3.10. The van der Waals surface area contributed by atoms with Crippen LogP contribution in [-0.4, -0.2) is 4.98 Å². The molecule has 0 fully saturated rings. The fourth-order valence-corrected chi connectivity index (χ4v) is 1.94. The van der Waals surface area contributed by atoms with Crippen LogP contribution in [0.5, 0.6) is 0 Å². The Hall–Kier alpha value is -1.88. The van der Waals surface area contributed by atoms with Crippen molar-refractivity contribution >= 4 is 32.7 Å². The van der Waals surface area contributed by atoms with Gasteiger partial charge in [-0.2, -0.15) is 0 Å². The fourth-order valence-electron chi connectivity index (χ4n) is 1.69. The number of aromatic nitrogens is 1. The Labute approximate surface area is 111 Å². The van der Waals surface area contributed by atoms with E-state index in [1.807, 2.05) is 0 Å². The summed E-state index contributed by atoms with van der Waals surface area (Å²) in [5.74, 6) is 0.0243. The highest BCUT2D eigenvalue weighted by molar-refractivity contribution is 9.10. The summed E-state index contributed by atoms with van der Waals surface area (Å²) in [6, 6.07) is 9.94. The van der Waals surface area contributed by atoms with E-state index in [0.717, 1.165) is 0 Å². The summed E-state index contributed by atoms with van der Waals surface area (Å²) in [7, 11) is 0. The summed E-state index contributed by atoms with van der Waals surface area (Å²) in [6.07, 6.45) is 0. The quantitative estimate of drug-likeness (QED) is 0.692. The predicted molar refractivity (Wildman–Crippen MR) is 71.5 cm³/mol. The third-order valence-electron chi connectivity index (χ3n) is 2.58. The Morgan fingerprint density at radius 2 is 2.00 bits per heavy atom. The lowest BCUT2D eigenvalue weighted by Crippen LogP contribution is -1.82. The number of fused-ring (bicyclic) bond motifs is 1. The summed E-state index contributed by atoms with van der Waals surface area (Å²) in [5, 5.41) is 0. The topological polar surface area (TPSA) is 52.0 Å². The molecule has 1 aromatic heterocycles. The van der Waals surface area contributed by atoms with Crippen LogP contribution in [0.2, 0.25) is 0 Å². The van der Waals surface area contributed by atoms with Crippen LogP contribution in [0.1, 0.15) is 0 Å². The van der Waals surface area contributed by atoms with E-state index in [1.165, 1.54) is 6.07 Å². The van der Waals surface area contributed by atoms with Gasteiger partial charge in [0.2, 0.25) is 5.89 Å². The lowest BCUT2D eigenvalue weighted by Gasteiger charge is -1.97. The van der Waals surface area contributed by atoms with Crippen LogP contribution in [0.15, 0.2) is 45.3 Å². The second-order valence-corrected chi connectivity index (χ2v) is 4.73. The minimum absolute atomic E-state index is 0.353. The molecule has 1 heterocycles. The molecule has 18 heavy (non-hydrogen) atoms. The molecule has 0 radical (unpaired) electrons. The number of anilines is 1. The van der Waals surface area contributed by atoms with E-state index in [-0.39, 0.29) is 5.82 Å². The molecule has 0 amide bonds. The summed E-state index contributed by atoms with van der Waals surface area (Å²) < 4.78 is 19.4. The number of nitrogens with zero attached hydrogens (tertiary/aromatic N) is 1. The number of halogens is 2. The van der Waals surface area contributed by atoms with E-state index in [9.17, 15) is 4.39 Å². The zero-order chi connectivity index (χ0) is 12.7. The number of rotatable bonds is 1. The number of nitrogens with two attached hydrogens (primary N) is 1. The average molecular weight is 307 g/mol. The summed E-state index contributed by atoms with van der Waals surface area (Å²) in [6.45, 7) is 0. The lowest BCUT2D eigenvalue weighted by atomic mass is 10.2. The van der Waals surface area contributed by atoms with Crippen molar-refractivity contribution in [3.8, 4) is 11.5 Å². The molecule has 0 saturated carbocycles. The molecule has 3 rings (SSSR count). The van der Waals surface area contributed by atoms with Gasteiger partial charge in [0.05, 0.1) is 4.47 Å². The molecule has 0 unspecified atom stereocenters. The molecule has 0 aliphatic carbocycles. The summed E-state index contributed by atoms with van der Waals surface area (Å²) in [5.41, 5.74) is 8.14. The van der Waals surface area contributed by atoms with Gasteiger partial charge in [-0.15, -0.1) is 0 Å². The highest BCUT2D eigenvalue weighted by atomic mass is 79.9. The molecule has 0 saturated heterocycles. The molecule has 0 bridgehead atoms. The first-order valence-corrected chi connectivity index (χ1v) is 6.04. The smallest absolute Gasteiger partial charge is 0.227 e. The van der Waals surface area contributed by atoms with E-state index >= 15 is 0 Å². The third kappa shape index (κ3) is 1.86. The van der Waals surface area contributed by atoms with Gasteiger partial charge in [-0.3, -0.25) is 0 Å². The van der Waals surface area contributed by atoms with Crippen molar-refractivity contribution in [2.24, 2.45) is 0 Å². The number of hydrogen-bond acceptors (Lipinski definition) is 3. The van der Waals surface area contributed by atoms with E-state index in [4.69, 9.17) is 10.2 Å². The number of hydrogen-bond donors (Lipinski definition) is 1. The monoisotopic (exact) mass is 306 g/mol. The van der Waals surface area contributed by atoms with Gasteiger partial charge >= 0.3 is 0 Å². The lowest BCUT2D eigenvalue weighted by molar-refractivity contribution is 0.608. The molecule has 3 aromatic rings. The molecule has 90 valence electrons. The molecule has 2 aromatic carbocycles. The second-order valence-electron chi connectivity index (χ2n) is 3.88. The van der Waals surface area contributed by atoms with E-state index in [2.05, 4.69) is 20.9 Å². The van der Waals surface area contributed by atoms with Crippen molar-refractivity contribution in [1.82, 2.24) is 4.98 Å². The van der Waals surface area contributed by atoms with Gasteiger partial charge in [-0.05, 0) is 46.3 Å². The standard InChI is InChI=1S/C13H8BrFN2O/c14-9-3-1-7(5-10(9)15)13-17-11-4-2-8(16)6-12(11)18-13/h1-6H,16H2. The highest BCUT2D eigenvalue weighted by Crippen LogP contribution is 2.27. The van der Waals surface area contributed by atoms with Crippen LogP contribution in [0.25, 0.3) is 22.6 Å². The van der Waals surface area contributed by atoms with E-state index in [1.54, 1.807) is 30.3 Å². The van der Waals surface area contributed by atoms with Crippen LogP contribution in [0.4, 0.5) is 10.1 Å². The zero-order valence-electron chi connectivity index (χ0n) is 9.15. The molecule has 0 aliphatic rings. The van der Waals surface area contributed by atoms with Crippen LogP contribution >= 0.6 is 15.9 Å². The van der Waals surface area contributed by atoms with Crippen molar-refractivity contribution < 1.29 is 8.81 Å². The van der Waals surface area contributed by atoms with Crippen LogP contribution < -0.4 is 5.73 Å². The number of nitrogen functional groups attached to an aromatic ring is 1. The maximum absolute atomic E-state index is 13.4. The minimum atomic E-state index is -0.353. The first kappa shape index (κ1) is 11.2. The molecule has 0 aliphatic heterocycles. The molecular formula is C13H8BrFN2O. The Kier molecular flexibility index (Phi) is 2.56. The Morgan fingerprint density at radius 3 is 2.78 bits per heavy atom. The van der Waals surface area contributed by atoms with Crippen LogP contribution in [0, 0.1) is 5.82 Å². The Balaban J connectivity index is 2.16. The van der Waals surface area contributed by atoms with Gasteiger partial charge in [0.1, 0.15) is 11.3 Å². The van der Waals surface area contributed by atoms with Crippen molar-refractivity contribution in [3.05, 3.63) is 46.7 Å². The average Bonchev–Trinajstić information content (AvgIpc) is 2.75. The zero-order valence-corrected chi connectivity index (χ0v) is 10.7. The number of benzene rings is 2. The van der Waals surface area contributed by atoms with Crippen molar-refractivity contribution in [3.63, 3.8) is 0 Å². The molecular weight excluding hydrogens is 299 g/mol. The second kappa shape index (κ2) is 4.10. The fraction of sp³-hybridized carbons (Fsp3) is 0. The third-order valence-corrected chi connectivity index (χ3v) is 3.22. The Bertz CT molecular complexity index is 739. The van der Waals surface area contributed by atoms with Gasteiger partial charge in [-0.1, -0.05) is 0 Å². The maximum Gasteiger partial charge on any atom is 0.227 e. The largest absolute Gasteiger partial charge is 0.436 e. The molecule has 3 nitrogen and oxygen atoms in total. The Morgan fingerprint density at radius 1 is 1.17 bits per heavy atom. The van der Waals surface area contributed by atoms with Crippen molar-refractivity contribution in [2.45, 2.75) is 0 Å². The van der Waals surface area contributed by atoms with Gasteiger partial charge < -0.3 is 10.2 Å². The van der Waals surface area contributed by atoms with Crippen molar-refractivity contribution in [1.29, 1.82) is 0 Å². The first-order chi connectivity index (χ1) is 8.63. The normalized spacial score (nSPS) is 11.0. The highest BCUT2D eigenvalue weighted by Gasteiger charge is 2.10. The number of oxazole rings is 1. The predicted octanol–water partition coefficient (Wildman–Crippen LogP) is 3.98. The van der Waals surface area contributed by atoms with Crippen LogP contribution in [0.3, 0.4) is 0 Å². The molecule has 0 atom stereocenters. The molecule has 2 N–H and O–H groups in total. The first-order valence-electron chi connectivity index (χ1n) is 5.25. The van der Waals surface area contributed by atoms with Gasteiger partial charge in [-0.25, -0.2) is 9.37 Å². The van der Waals surface area contributed by atoms with Gasteiger partial charge in [0.15, 0.2) is 5.58 Å². The summed E-state index contributed by atoms with van der Waals surface area (Å²) in [4.78, 5) is 4.29. The molecule has 0 spiro atoms. The van der Waals surface area contributed by atoms with E-state index in [0.29, 0.717) is 32.7 Å². The van der Waals surface area contributed by atoms with E-state index < -0.39 is 0 Å². The van der Waals surface area contributed by atoms with Gasteiger partial charge in [0.25, 0.3) is 0 Å². The van der Waals surface area contributed by atoms with Crippen molar-refractivity contribution in [2.75, 3.05) is 5.73 Å².